The first-order valence-electron chi connectivity index (χ1n) is 7.63. The number of benzene rings is 2. The number of carbonyl (C=O) groups is 1. The maximum absolute atomic E-state index is 13.0. The maximum Gasteiger partial charge on any atom is 0.323 e. The van der Waals surface area contributed by atoms with Crippen LogP contribution in [0.1, 0.15) is 11.1 Å². The number of carboxylic acids is 1. The Bertz CT molecular complexity index is 909. The Balaban J connectivity index is 2.02. The van der Waals surface area contributed by atoms with Crippen LogP contribution in [0.25, 0.3) is 0 Å². The van der Waals surface area contributed by atoms with Crippen LogP contribution in [0.3, 0.4) is 0 Å². The number of sulfonamides is 1. The van der Waals surface area contributed by atoms with Crippen LogP contribution in [0.2, 0.25) is 0 Å². The third-order valence-corrected chi connectivity index (χ3v) is 5.83. The van der Waals surface area contributed by atoms with E-state index in [2.05, 4.69) is 0 Å². The summed E-state index contributed by atoms with van der Waals surface area (Å²) < 4.78 is 27.2. The van der Waals surface area contributed by atoms with Crippen LogP contribution in [-0.4, -0.2) is 42.1 Å². The van der Waals surface area contributed by atoms with Gasteiger partial charge < -0.3 is 15.1 Å². The lowest BCUT2D eigenvalue weighted by Gasteiger charge is -2.37. The molecule has 0 bridgehead atoms. The van der Waals surface area contributed by atoms with Gasteiger partial charge in [0.05, 0.1) is 12.4 Å². The second-order valence-electron chi connectivity index (χ2n) is 5.99. The van der Waals surface area contributed by atoms with Crippen molar-refractivity contribution < 1.29 is 23.4 Å². The number of nitrogens with zero attached hydrogens (tertiary/aromatic N) is 2. The first kappa shape index (κ1) is 17.2. The van der Waals surface area contributed by atoms with E-state index >= 15 is 0 Å². The number of rotatable bonds is 4. The zero-order valence-electron chi connectivity index (χ0n) is 13.6. The molecule has 0 fully saturated rings. The molecule has 1 heterocycles. The second-order valence-corrected chi connectivity index (χ2v) is 7.89. The number of hydrogen-bond donors (Lipinski definition) is 2. The summed E-state index contributed by atoms with van der Waals surface area (Å²) in [5, 5.41) is 18.5. The van der Waals surface area contributed by atoms with E-state index in [4.69, 9.17) is 5.11 Å². The van der Waals surface area contributed by atoms with Crippen molar-refractivity contribution in [1.29, 1.82) is 0 Å². The van der Waals surface area contributed by atoms with Gasteiger partial charge in [0.1, 0.15) is 17.2 Å². The highest BCUT2D eigenvalue weighted by atomic mass is 32.2. The van der Waals surface area contributed by atoms with Crippen molar-refractivity contribution in [2.75, 3.05) is 18.1 Å². The van der Waals surface area contributed by atoms with Gasteiger partial charge in [0, 0.05) is 6.54 Å². The number of carboxylic acid groups (broad SMARTS) is 1. The molecule has 0 spiro atoms. The number of aromatic hydroxyl groups is 1. The molecule has 0 unspecified atom stereocenters. The Morgan fingerprint density at radius 3 is 2.48 bits per heavy atom. The Kier molecular flexibility index (Phi) is 4.40. The highest BCUT2D eigenvalue weighted by Crippen LogP contribution is 2.34. The molecule has 0 amide bonds. The second kappa shape index (κ2) is 6.38. The number of aliphatic carboxylic acids is 1. The van der Waals surface area contributed by atoms with Crippen molar-refractivity contribution in [2.24, 2.45) is 0 Å². The van der Waals surface area contributed by atoms with Crippen molar-refractivity contribution in [3.63, 3.8) is 0 Å². The topological polar surface area (TPSA) is 98.2 Å². The van der Waals surface area contributed by atoms with Crippen molar-refractivity contribution >= 4 is 21.7 Å². The zero-order valence-corrected chi connectivity index (χ0v) is 14.4. The fourth-order valence-electron chi connectivity index (χ4n) is 2.81. The average Bonchev–Trinajstić information content (AvgIpc) is 2.54. The van der Waals surface area contributed by atoms with E-state index in [1.165, 1.54) is 21.3 Å². The van der Waals surface area contributed by atoms with E-state index in [1.54, 1.807) is 37.3 Å². The molecule has 8 heteroatoms. The molecule has 0 aliphatic carbocycles. The molecule has 0 saturated carbocycles. The molecule has 0 radical (unpaired) electrons. The molecule has 132 valence electrons. The van der Waals surface area contributed by atoms with Crippen LogP contribution >= 0.6 is 0 Å². The van der Waals surface area contributed by atoms with E-state index in [-0.39, 0.29) is 30.4 Å². The molecule has 7 nitrogen and oxygen atoms in total. The van der Waals surface area contributed by atoms with Gasteiger partial charge in [-0.3, -0.25) is 4.79 Å². The quantitative estimate of drug-likeness (QED) is 0.860. The molecule has 3 rings (SSSR count). The molecule has 2 aromatic rings. The molecule has 25 heavy (non-hydrogen) atoms. The Labute approximate surface area is 145 Å². The molecule has 0 saturated heterocycles. The predicted molar refractivity (Wildman–Crippen MR) is 91.9 cm³/mol. The van der Waals surface area contributed by atoms with Crippen molar-refractivity contribution in [1.82, 2.24) is 4.31 Å². The largest absolute Gasteiger partial charge is 0.508 e. The number of hydrogen-bond acceptors (Lipinski definition) is 5. The minimum atomic E-state index is -3.75. The van der Waals surface area contributed by atoms with Crippen LogP contribution in [0.5, 0.6) is 5.75 Å². The Morgan fingerprint density at radius 2 is 1.84 bits per heavy atom. The van der Waals surface area contributed by atoms with Gasteiger partial charge in [0.25, 0.3) is 0 Å². The number of phenols is 1. The zero-order chi connectivity index (χ0) is 18.2. The minimum absolute atomic E-state index is 0.0500. The lowest BCUT2D eigenvalue weighted by Crippen LogP contribution is -2.47. The van der Waals surface area contributed by atoms with Crippen LogP contribution < -0.4 is 4.90 Å². The van der Waals surface area contributed by atoms with Gasteiger partial charge >= 0.3 is 5.97 Å². The SMILES string of the molecule is Cc1ccc2c(c1)S(=O)(=O)N(Cc1ccc(O)cc1)CN2CC(=O)O. The third kappa shape index (κ3) is 3.45. The number of anilines is 1. The molecule has 1 aliphatic heterocycles. The number of fused-ring (bicyclic) bond motifs is 1. The van der Waals surface area contributed by atoms with E-state index in [0.29, 0.717) is 11.3 Å². The minimum Gasteiger partial charge on any atom is -0.508 e. The summed E-state index contributed by atoms with van der Waals surface area (Å²) in [5.41, 5.74) is 1.88. The van der Waals surface area contributed by atoms with Gasteiger partial charge in [0.2, 0.25) is 10.0 Å². The van der Waals surface area contributed by atoms with Crippen molar-refractivity contribution in [2.45, 2.75) is 18.4 Å². The monoisotopic (exact) mass is 362 g/mol. The van der Waals surface area contributed by atoms with Crippen LogP contribution in [0.15, 0.2) is 47.4 Å². The van der Waals surface area contributed by atoms with Gasteiger partial charge in [-0.05, 0) is 42.3 Å². The van der Waals surface area contributed by atoms with Crippen LogP contribution in [0.4, 0.5) is 5.69 Å². The Hall–Kier alpha value is -2.58. The van der Waals surface area contributed by atoms with Gasteiger partial charge in [0.15, 0.2) is 0 Å². The summed E-state index contributed by atoms with van der Waals surface area (Å²) in [5.74, 6) is -0.936. The van der Waals surface area contributed by atoms with Crippen LogP contribution in [-0.2, 0) is 21.4 Å². The highest BCUT2D eigenvalue weighted by Gasteiger charge is 2.36. The summed E-state index contributed by atoms with van der Waals surface area (Å²) in [6, 6.07) is 11.2. The molecule has 1 aliphatic rings. The van der Waals surface area contributed by atoms with Crippen molar-refractivity contribution in [3.05, 3.63) is 53.6 Å². The number of phenolic OH excluding ortho intramolecular Hbond substituents is 1. The fraction of sp³-hybridized carbons (Fsp3) is 0.235. The van der Waals surface area contributed by atoms with Gasteiger partial charge in [-0.1, -0.05) is 18.2 Å². The van der Waals surface area contributed by atoms with Gasteiger partial charge in [-0.2, -0.15) is 4.31 Å². The molecular weight excluding hydrogens is 344 g/mol. The lowest BCUT2D eigenvalue weighted by molar-refractivity contribution is -0.135. The normalized spacial score (nSPS) is 16.4. The summed E-state index contributed by atoms with van der Waals surface area (Å²) >= 11 is 0. The fourth-order valence-corrected chi connectivity index (χ4v) is 4.49. The first-order valence-corrected chi connectivity index (χ1v) is 9.07. The van der Waals surface area contributed by atoms with Crippen molar-refractivity contribution in [3.8, 4) is 5.75 Å². The first-order chi connectivity index (χ1) is 11.8. The molecule has 0 atom stereocenters. The predicted octanol–water partition coefficient (Wildman–Crippen LogP) is 1.75. The molecule has 0 aromatic heterocycles. The average molecular weight is 362 g/mol. The van der Waals surface area contributed by atoms with E-state index in [9.17, 15) is 18.3 Å². The lowest BCUT2D eigenvalue weighted by atomic mass is 10.2. The molecular formula is C17H18N2O5S. The maximum atomic E-state index is 13.0. The van der Waals surface area contributed by atoms with Crippen LogP contribution in [0, 0.1) is 6.92 Å². The van der Waals surface area contributed by atoms with E-state index < -0.39 is 16.0 Å². The summed E-state index contributed by atoms with van der Waals surface area (Å²) in [6.07, 6.45) is 0. The highest BCUT2D eigenvalue weighted by molar-refractivity contribution is 7.89. The van der Waals surface area contributed by atoms with E-state index in [1.807, 2.05) is 0 Å². The molecule has 2 N–H and O–H groups in total. The summed E-state index contributed by atoms with van der Waals surface area (Å²) in [4.78, 5) is 12.8. The van der Waals surface area contributed by atoms with E-state index in [0.717, 1.165) is 5.56 Å². The summed E-state index contributed by atoms with van der Waals surface area (Å²) in [7, 11) is -3.75. The summed E-state index contributed by atoms with van der Waals surface area (Å²) in [6.45, 7) is 1.53. The third-order valence-electron chi connectivity index (χ3n) is 4.02. The van der Waals surface area contributed by atoms with Gasteiger partial charge in [-0.25, -0.2) is 8.42 Å². The number of aryl methyl sites for hydroxylation is 1. The Morgan fingerprint density at radius 1 is 1.16 bits per heavy atom. The standard InChI is InChI=1S/C17H18N2O5S/c1-12-2-7-15-16(8-12)25(23,24)19(11-18(15)10-17(21)22)9-13-3-5-14(20)6-4-13/h2-8,20H,9-11H2,1H3,(H,21,22). The smallest absolute Gasteiger partial charge is 0.323 e. The van der Waals surface area contributed by atoms with Gasteiger partial charge in [-0.15, -0.1) is 0 Å². The molecule has 2 aromatic carbocycles.